The van der Waals surface area contributed by atoms with E-state index in [2.05, 4.69) is 60.4 Å². The van der Waals surface area contributed by atoms with Crippen LogP contribution in [0.5, 0.6) is 0 Å². The lowest BCUT2D eigenvalue weighted by molar-refractivity contribution is -0.235. The first-order chi connectivity index (χ1) is 24.5. The number of aliphatic hydroxyl groups is 1. The normalized spacial score (nSPS) is 37.1. The number of esters is 1. The van der Waals surface area contributed by atoms with Crippen molar-refractivity contribution in [3.63, 3.8) is 0 Å². The van der Waals surface area contributed by atoms with Gasteiger partial charge in [-0.15, -0.1) is 0 Å². The van der Waals surface area contributed by atoms with Crippen LogP contribution in [0.2, 0.25) is 5.02 Å². The van der Waals surface area contributed by atoms with Gasteiger partial charge >= 0.3 is 11.9 Å². The highest BCUT2D eigenvalue weighted by Gasteiger charge is 2.70. The number of likely N-dealkylation sites (N-methyl/N-ethyl adjacent to an activating group) is 1. The molecule has 53 heavy (non-hydrogen) atoms. The van der Waals surface area contributed by atoms with Gasteiger partial charge in [0.15, 0.2) is 5.78 Å². The van der Waals surface area contributed by atoms with E-state index in [1.165, 1.54) is 5.57 Å². The Labute approximate surface area is 323 Å². The molecule has 1 unspecified atom stereocenters. The van der Waals surface area contributed by atoms with Gasteiger partial charge in [0.05, 0.1) is 17.9 Å². The molecule has 0 amide bonds. The van der Waals surface area contributed by atoms with Crippen molar-refractivity contribution >= 4 is 29.3 Å². The summed E-state index contributed by atoms with van der Waals surface area (Å²) in [7, 11) is 2.06. The minimum absolute atomic E-state index is 0.0156. The molecule has 4 saturated carbocycles. The number of hydrogen-bond donors (Lipinski definition) is 2. The highest BCUT2D eigenvalue weighted by atomic mass is 35.5. The second kappa shape index (κ2) is 13.8. The van der Waals surface area contributed by atoms with E-state index in [0.717, 1.165) is 62.5 Å². The lowest BCUT2D eigenvalue weighted by Crippen LogP contribution is -2.66. The van der Waals surface area contributed by atoms with Gasteiger partial charge in [-0.3, -0.25) is 19.3 Å². The first-order valence-corrected chi connectivity index (χ1v) is 20.7. The number of halogens is 1. The van der Waals surface area contributed by atoms with Gasteiger partial charge in [-0.25, -0.2) is 0 Å². The highest BCUT2D eigenvalue weighted by Crippen LogP contribution is 2.77. The zero-order chi connectivity index (χ0) is 39.1. The van der Waals surface area contributed by atoms with Crippen LogP contribution in [0.3, 0.4) is 0 Å². The summed E-state index contributed by atoms with van der Waals surface area (Å²) in [5.41, 5.74) is 1.60. The maximum Gasteiger partial charge on any atom is 0.309 e. The molecule has 9 atom stereocenters. The SMILES string of the molecule is CC(C)C1=C2[C@H]3CC[C@@H]4[C@@]5(C)CC[C@H](OC(=O)CC(C)(C)C(=O)O)C(C)(C)[C@@H]5CC[C@@]4(C)C3(C)CC[C@@]2([C@@H](O)CN(C)Cc2ccc(Cl)cc2)CC1=O. The third kappa shape index (κ3) is 6.45. The van der Waals surface area contributed by atoms with Gasteiger partial charge in [0, 0.05) is 35.4 Å². The zero-order valence-electron chi connectivity index (χ0n) is 34.1. The third-order valence-corrected chi connectivity index (χ3v) is 16.6. The zero-order valence-corrected chi connectivity index (χ0v) is 34.9. The number of ketones is 1. The first-order valence-electron chi connectivity index (χ1n) is 20.4. The van der Waals surface area contributed by atoms with E-state index in [9.17, 15) is 24.6 Å². The molecular formula is C45H66ClNO6. The Bertz CT molecular complexity index is 1650. The van der Waals surface area contributed by atoms with Gasteiger partial charge in [-0.2, -0.15) is 0 Å². The second-order valence-corrected chi connectivity index (χ2v) is 20.8. The Morgan fingerprint density at radius 2 is 1.60 bits per heavy atom. The van der Waals surface area contributed by atoms with Crippen molar-refractivity contribution in [2.24, 2.45) is 56.2 Å². The third-order valence-electron chi connectivity index (χ3n) is 16.4. The van der Waals surface area contributed by atoms with Gasteiger partial charge in [0.25, 0.3) is 0 Å². The number of aliphatic hydroxyl groups excluding tert-OH is 1. The molecule has 6 rings (SSSR count). The Kier molecular flexibility index (Phi) is 10.5. The van der Waals surface area contributed by atoms with E-state index in [0.29, 0.717) is 36.4 Å². The maximum atomic E-state index is 14.1. The molecule has 4 fully saturated rings. The second-order valence-electron chi connectivity index (χ2n) is 20.4. The average Bonchev–Trinajstić information content (AvgIpc) is 3.37. The van der Waals surface area contributed by atoms with E-state index < -0.39 is 28.9 Å². The molecule has 5 aliphatic carbocycles. The fraction of sp³-hybridized carbons (Fsp3) is 0.756. The van der Waals surface area contributed by atoms with Gasteiger partial charge < -0.3 is 14.9 Å². The van der Waals surface area contributed by atoms with Crippen molar-refractivity contribution in [3.05, 3.63) is 46.0 Å². The molecule has 8 heteroatoms. The van der Waals surface area contributed by atoms with Crippen molar-refractivity contribution < 1.29 is 29.3 Å². The smallest absolute Gasteiger partial charge is 0.309 e. The predicted molar refractivity (Wildman–Crippen MR) is 209 cm³/mol. The van der Waals surface area contributed by atoms with E-state index in [4.69, 9.17) is 16.3 Å². The number of nitrogens with zero attached hydrogens (tertiary/aromatic N) is 1. The van der Waals surface area contributed by atoms with E-state index in [1.54, 1.807) is 13.8 Å². The van der Waals surface area contributed by atoms with Crippen LogP contribution >= 0.6 is 11.6 Å². The first kappa shape index (κ1) is 40.4. The lowest BCUT2D eigenvalue weighted by atomic mass is 9.33. The van der Waals surface area contributed by atoms with Crippen LogP contribution in [-0.4, -0.2) is 58.6 Å². The number of aliphatic carboxylic acids is 1. The summed E-state index contributed by atoms with van der Waals surface area (Å²) >= 11 is 6.15. The number of carbonyl (C=O) groups is 3. The molecular weight excluding hydrogens is 686 g/mol. The fourth-order valence-corrected chi connectivity index (χ4v) is 13.5. The van der Waals surface area contributed by atoms with E-state index in [-0.39, 0.29) is 51.8 Å². The summed E-state index contributed by atoms with van der Waals surface area (Å²) in [5, 5.41) is 22.7. The molecule has 0 heterocycles. The summed E-state index contributed by atoms with van der Waals surface area (Å²) in [6, 6.07) is 7.89. The van der Waals surface area contributed by atoms with Crippen molar-refractivity contribution in [3.8, 4) is 0 Å². The Morgan fingerprint density at radius 3 is 2.23 bits per heavy atom. The number of carboxylic acids is 1. The van der Waals surface area contributed by atoms with Gasteiger partial charge in [-0.05, 0) is 135 Å². The number of hydrogen-bond acceptors (Lipinski definition) is 6. The molecule has 294 valence electrons. The van der Waals surface area contributed by atoms with Gasteiger partial charge in [0.2, 0.25) is 0 Å². The van der Waals surface area contributed by atoms with Crippen molar-refractivity contribution in [2.75, 3.05) is 13.6 Å². The van der Waals surface area contributed by atoms with Crippen LogP contribution in [0.15, 0.2) is 35.4 Å². The number of allylic oxidation sites excluding steroid dienone is 1. The van der Waals surface area contributed by atoms with Crippen LogP contribution in [0.1, 0.15) is 132 Å². The van der Waals surface area contributed by atoms with Gasteiger partial charge in [-0.1, -0.05) is 77.8 Å². The molecule has 0 aliphatic heterocycles. The van der Waals surface area contributed by atoms with Crippen molar-refractivity contribution in [2.45, 2.75) is 145 Å². The van der Waals surface area contributed by atoms with Crippen molar-refractivity contribution in [1.82, 2.24) is 4.90 Å². The molecule has 1 aromatic carbocycles. The Morgan fingerprint density at radius 1 is 0.943 bits per heavy atom. The lowest BCUT2D eigenvalue weighted by Gasteiger charge is -2.72. The maximum absolute atomic E-state index is 14.1. The summed E-state index contributed by atoms with van der Waals surface area (Å²) in [5.74, 6) is 0.0429. The van der Waals surface area contributed by atoms with Crippen LogP contribution in [0.4, 0.5) is 0 Å². The summed E-state index contributed by atoms with van der Waals surface area (Å²) in [6.45, 7) is 20.9. The number of fused-ring (bicyclic) bond motifs is 7. The van der Waals surface area contributed by atoms with Gasteiger partial charge in [0.1, 0.15) is 6.10 Å². The average molecular weight is 752 g/mol. The molecule has 2 N–H and O–H groups in total. The van der Waals surface area contributed by atoms with E-state index >= 15 is 0 Å². The molecule has 0 aromatic heterocycles. The monoisotopic (exact) mass is 751 g/mol. The number of ether oxygens (including phenoxy) is 1. The fourth-order valence-electron chi connectivity index (χ4n) is 13.3. The molecule has 7 nitrogen and oxygen atoms in total. The number of carboxylic acid groups (broad SMARTS) is 1. The molecule has 5 aliphatic rings. The Hall–Kier alpha value is -2.22. The van der Waals surface area contributed by atoms with Crippen LogP contribution in [0.25, 0.3) is 0 Å². The van der Waals surface area contributed by atoms with Crippen LogP contribution in [0, 0.1) is 56.2 Å². The number of rotatable bonds is 10. The van der Waals surface area contributed by atoms with Crippen molar-refractivity contribution in [1.29, 1.82) is 0 Å². The Balaban J connectivity index is 1.27. The van der Waals surface area contributed by atoms with Crippen LogP contribution in [-0.2, 0) is 25.7 Å². The van der Waals surface area contributed by atoms with E-state index in [1.807, 2.05) is 24.3 Å². The minimum Gasteiger partial charge on any atom is -0.481 e. The van der Waals surface area contributed by atoms with Crippen LogP contribution < -0.4 is 0 Å². The molecule has 0 saturated heterocycles. The standard InChI is InChI=1S/C45H66ClNO6/c1-27(2)37-31(48)23-45(34(49)26-47(10)25-28-11-13-29(46)14-12-28)22-21-43(8)30(38(37)45)15-16-33-42(7)19-18-35(53-36(50)24-40(3,4)39(51)52)41(5,6)32(42)17-20-44(33,43)9/h11-14,27,30,32-35,49H,15-26H2,1-10H3,(H,51,52)/t30-,32+,33-,34+,35+,42+,43?,44-,45+/m1/s1. The summed E-state index contributed by atoms with van der Waals surface area (Å²) < 4.78 is 6.17. The number of benzene rings is 1. The number of carbonyl (C=O) groups excluding carboxylic acids is 2. The summed E-state index contributed by atoms with van der Waals surface area (Å²) in [6.07, 6.45) is 7.21. The molecule has 0 radical (unpaired) electrons. The summed E-state index contributed by atoms with van der Waals surface area (Å²) in [4.78, 5) is 41.2. The molecule has 0 spiro atoms. The molecule has 1 aromatic rings. The highest BCUT2D eigenvalue weighted by molar-refractivity contribution is 6.30. The topological polar surface area (TPSA) is 104 Å². The number of Topliss-reactive ketones (excluding diaryl/α,β-unsaturated/α-hetero) is 1. The molecule has 0 bridgehead atoms. The minimum atomic E-state index is -1.17. The largest absolute Gasteiger partial charge is 0.481 e. The quantitative estimate of drug-likeness (QED) is 0.230. The predicted octanol–water partition coefficient (Wildman–Crippen LogP) is 9.53.